The fourth-order valence-corrected chi connectivity index (χ4v) is 1.61. The fourth-order valence-electron chi connectivity index (χ4n) is 1.61. The molecule has 3 nitrogen and oxygen atoms in total. The number of rotatable bonds is 3. The van der Waals surface area contributed by atoms with E-state index >= 15 is 0 Å². The van der Waals surface area contributed by atoms with Crippen molar-refractivity contribution in [1.29, 1.82) is 0 Å². The molecule has 1 aromatic carbocycles. The minimum absolute atomic E-state index is 0.111. The molecule has 3 heteroatoms. The van der Waals surface area contributed by atoms with Gasteiger partial charge in [0.15, 0.2) is 11.5 Å². The van der Waals surface area contributed by atoms with Crippen LogP contribution in [0.2, 0.25) is 0 Å². The molecule has 1 aliphatic carbocycles. The molecule has 2 rings (SSSR count). The number of hydrogen-bond acceptors (Lipinski definition) is 3. The predicted molar refractivity (Wildman–Crippen MR) is 52.0 cm³/mol. The monoisotopic (exact) mass is 192 g/mol. The summed E-state index contributed by atoms with van der Waals surface area (Å²) in [5.74, 6) is 0.920. The van der Waals surface area contributed by atoms with Crippen molar-refractivity contribution in [2.45, 2.75) is 18.8 Å². The Morgan fingerprint density at radius 3 is 2.71 bits per heavy atom. The van der Waals surface area contributed by atoms with Crippen molar-refractivity contribution in [2.75, 3.05) is 7.11 Å². The third-order valence-electron chi connectivity index (χ3n) is 2.53. The maximum atomic E-state index is 10.8. The van der Waals surface area contributed by atoms with Crippen LogP contribution < -0.4 is 4.74 Å². The normalized spacial score (nSPS) is 15.2. The average Bonchev–Trinajstić information content (AvgIpc) is 3.00. The Balaban J connectivity index is 2.48. The first kappa shape index (κ1) is 9.06. The van der Waals surface area contributed by atoms with Crippen LogP contribution in [0.5, 0.6) is 11.5 Å². The fraction of sp³-hybridized carbons (Fsp3) is 0.364. The second-order valence-electron chi connectivity index (χ2n) is 3.55. The van der Waals surface area contributed by atoms with Crippen LogP contribution in [0.3, 0.4) is 0 Å². The first-order valence-electron chi connectivity index (χ1n) is 4.62. The molecular formula is C11H12O3. The molecule has 1 saturated carbocycles. The first-order valence-corrected chi connectivity index (χ1v) is 4.62. The molecule has 1 N–H and O–H groups in total. The lowest BCUT2D eigenvalue weighted by Gasteiger charge is -2.08. The number of aldehydes is 1. The summed E-state index contributed by atoms with van der Waals surface area (Å²) in [6.45, 7) is 0. The third kappa shape index (κ3) is 1.45. The maximum absolute atomic E-state index is 10.8. The minimum Gasteiger partial charge on any atom is -0.504 e. The molecule has 0 heterocycles. The van der Waals surface area contributed by atoms with Gasteiger partial charge in [-0.15, -0.1) is 0 Å². The van der Waals surface area contributed by atoms with E-state index in [1.807, 2.05) is 0 Å². The number of ether oxygens (including phenoxy) is 1. The quantitative estimate of drug-likeness (QED) is 0.746. The van der Waals surface area contributed by atoms with Gasteiger partial charge >= 0.3 is 0 Å². The highest BCUT2D eigenvalue weighted by atomic mass is 16.5. The topological polar surface area (TPSA) is 46.5 Å². The number of phenols is 1. The number of phenolic OH excluding ortho intramolecular Hbond substituents is 1. The van der Waals surface area contributed by atoms with Crippen molar-refractivity contribution in [1.82, 2.24) is 0 Å². The van der Waals surface area contributed by atoms with E-state index in [2.05, 4.69) is 0 Å². The molecule has 0 amide bonds. The number of methoxy groups -OCH3 is 1. The third-order valence-corrected chi connectivity index (χ3v) is 2.53. The minimum atomic E-state index is 0.111. The summed E-state index contributed by atoms with van der Waals surface area (Å²) in [5.41, 5.74) is 1.57. The van der Waals surface area contributed by atoms with Crippen LogP contribution in [0.15, 0.2) is 12.1 Å². The van der Waals surface area contributed by atoms with E-state index in [1.54, 1.807) is 12.1 Å². The lowest BCUT2D eigenvalue weighted by Crippen LogP contribution is -1.93. The molecule has 0 atom stereocenters. The number of hydrogen-bond donors (Lipinski definition) is 1. The van der Waals surface area contributed by atoms with Gasteiger partial charge in [0.1, 0.15) is 6.29 Å². The van der Waals surface area contributed by atoms with Crippen LogP contribution in [0.1, 0.15) is 34.7 Å². The second kappa shape index (κ2) is 3.33. The standard InChI is InChI=1S/C11H12O3/c1-14-11-4-8(6-12)9(5-10(11)13)7-2-3-7/h4-7,13H,2-3H2,1H3. The largest absolute Gasteiger partial charge is 0.504 e. The summed E-state index contributed by atoms with van der Waals surface area (Å²) >= 11 is 0. The molecule has 0 unspecified atom stereocenters. The van der Waals surface area contributed by atoms with Crippen LogP contribution in [-0.2, 0) is 0 Å². The summed E-state index contributed by atoms with van der Waals surface area (Å²) in [4.78, 5) is 10.8. The molecule has 1 aromatic rings. The molecule has 0 aromatic heterocycles. The van der Waals surface area contributed by atoms with Gasteiger partial charge in [0.05, 0.1) is 7.11 Å². The number of aromatic hydroxyl groups is 1. The van der Waals surface area contributed by atoms with Crippen LogP contribution >= 0.6 is 0 Å². The molecule has 14 heavy (non-hydrogen) atoms. The average molecular weight is 192 g/mol. The highest BCUT2D eigenvalue weighted by Crippen LogP contribution is 2.44. The van der Waals surface area contributed by atoms with Crippen molar-refractivity contribution in [2.24, 2.45) is 0 Å². The highest BCUT2D eigenvalue weighted by Gasteiger charge is 2.27. The molecule has 0 aliphatic heterocycles. The van der Waals surface area contributed by atoms with Gasteiger partial charge in [-0.25, -0.2) is 0 Å². The van der Waals surface area contributed by atoms with E-state index < -0.39 is 0 Å². The Morgan fingerprint density at radius 1 is 1.50 bits per heavy atom. The summed E-state index contributed by atoms with van der Waals surface area (Å²) in [5, 5.41) is 9.55. The van der Waals surface area contributed by atoms with Gasteiger partial charge in [-0.1, -0.05) is 0 Å². The van der Waals surface area contributed by atoms with Crippen molar-refractivity contribution in [3.63, 3.8) is 0 Å². The highest BCUT2D eigenvalue weighted by molar-refractivity contribution is 5.79. The molecule has 1 aliphatic rings. The van der Waals surface area contributed by atoms with E-state index in [-0.39, 0.29) is 5.75 Å². The van der Waals surface area contributed by atoms with E-state index in [1.165, 1.54) is 7.11 Å². The summed E-state index contributed by atoms with van der Waals surface area (Å²) < 4.78 is 4.93. The number of benzene rings is 1. The van der Waals surface area contributed by atoms with E-state index in [4.69, 9.17) is 4.74 Å². The molecule has 74 valence electrons. The van der Waals surface area contributed by atoms with Gasteiger partial charge in [-0.05, 0) is 36.5 Å². The van der Waals surface area contributed by atoms with Crippen LogP contribution in [0.4, 0.5) is 0 Å². The van der Waals surface area contributed by atoms with E-state index in [9.17, 15) is 9.90 Å². The molecule has 0 saturated heterocycles. The molecule has 0 spiro atoms. The van der Waals surface area contributed by atoms with Gasteiger partial charge in [-0.2, -0.15) is 0 Å². The van der Waals surface area contributed by atoms with Crippen molar-refractivity contribution in [3.8, 4) is 11.5 Å². The Kier molecular flexibility index (Phi) is 2.15. The van der Waals surface area contributed by atoms with Gasteiger partial charge in [-0.3, -0.25) is 4.79 Å². The second-order valence-corrected chi connectivity index (χ2v) is 3.55. The predicted octanol–water partition coefficient (Wildman–Crippen LogP) is 2.09. The van der Waals surface area contributed by atoms with Crippen molar-refractivity contribution < 1.29 is 14.6 Å². The van der Waals surface area contributed by atoms with Gasteiger partial charge in [0, 0.05) is 5.56 Å². The first-order chi connectivity index (χ1) is 6.76. The smallest absolute Gasteiger partial charge is 0.161 e. The lowest BCUT2D eigenvalue weighted by atomic mass is 10.0. The lowest BCUT2D eigenvalue weighted by molar-refractivity contribution is 0.112. The van der Waals surface area contributed by atoms with Gasteiger partial charge < -0.3 is 9.84 Å². The van der Waals surface area contributed by atoms with E-state index in [0.717, 1.165) is 24.7 Å². The molecule has 1 fully saturated rings. The SMILES string of the molecule is COc1cc(C=O)c(C2CC2)cc1O. The molecule has 0 radical (unpaired) electrons. The maximum Gasteiger partial charge on any atom is 0.161 e. The summed E-state index contributed by atoms with van der Waals surface area (Å²) in [7, 11) is 1.47. The summed E-state index contributed by atoms with van der Waals surface area (Å²) in [6.07, 6.45) is 3.02. The molecule has 0 bridgehead atoms. The van der Waals surface area contributed by atoms with Crippen LogP contribution in [0, 0.1) is 0 Å². The van der Waals surface area contributed by atoms with Gasteiger partial charge in [0.2, 0.25) is 0 Å². The van der Waals surface area contributed by atoms with E-state index in [0.29, 0.717) is 17.2 Å². The Morgan fingerprint density at radius 2 is 2.21 bits per heavy atom. The van der Waals surface area contributed by atoms with Crippen molar-refractivity contribution in [3.05, 3.63) is 23.3 Å². The zero-order valence-electron chi connectivity index (χ0n) is 7.99. The Hall–Kier alpha value is -1.51. The number of carbonyl (C=O) groups is 1. The Labute approximate surface area is 82.3 Å². The zero-order valence-corrected chi connectivity index (χ0v) is 7.99. The van der Waals surface area contributed by atoms with Crippen LogP contribution in [0.25, 0.3) is 0 Å². The van der Waals surface area contributed by atoms with Gasteiger partial charge in [0.25, 0.3) is 0 Å². The molecular weight excluding hydrogens is 180 g/mol. The summed E-state index contributed by atoms with van der Waals surface area (Å²) in [6, 6.07) is 3.23. The Bertz CT molecular complexity index is 367. The number of carbonyl (C=O) groups excluding carboxylic acids is 1. The zero-order chi connectivity index (χ0) is 10.1. The van der Waals surface area contributed by atoms with Crippen LogP contribution in [-0.4, -0.2) is 18.5 Å². The van der Waals surface area contributed by atoms with Crippen molar-refractivity contribution >= 4 is 6.29 Å².